The molecule has 0 radical (unpaired) electrons. The molecular formula is C17H25FO. The Hall–Kier alpha value is -0.890. The third-order valence-electron chi connectivity index (χ3n) is 4.79. The van der Waals surface area contributed by atoms with Crippen LogP contribution in [0.15, 0.2) is 18.2 Å². The lowest BCUT2D eigenvalue weighted by Crippen LogP contribution is -2.38. The second-order valence-corrected chi connectivity index (χ2v) is 6.68. The maximum atomic E-state index is 13.1. The van der Waals surface area contributed by atoms with Crippen LogP contribution in [-0.4, -0.2) is 11.2 Å². The molecule has 1 aromatic carbocycles. The Balaban J connectivity index is 2.09. The van der Waals surface area contributed by atoms with Crippen LogP contribution < -0.4 is 0 Å². The second-order valence-electron chi connectivity index (χ2n) is 6.68. The zero-order chi connectivity index (χ0) is 14.0. The molecular weight excluding hydrogens is 239 g/mol. The largest absolute Gasteiger partial charge is 0.392 e. The third kappa shape index (κ3) is 3.36. The van der Waals surface area contributed by atoms with Crippen molar-refractivity contribution in [2.45, 2.75) is 59.0 Å². The average molecular weight is 264 g/mol. The predicted molar refractivity (Wildman–Crippen MR) is 76.6 cm³/mol. The monoisotopic (exact) mass is 264 g/mol. The van der Waals surface area contributed by atoms with Crippen LogP contribution in [0.2, 0.25) is 0 Å². The number of aliphatic hydroxyl groups is 1. The lowest BCUT2D eigenvalue weighted by Gasteiger charge is -2.41. The Bertz CT molecular complexity index is 439. The highest BCUT2D eigenvalue weighted by Crippen LogP contribution is 2.43. The average Bonchev–Trinajstić information content (AvgIpc) is 2.32. The summed E-state index contributed by atoms with van der Waals surface area (Å²) >= 11 is 0. The number of rotatable bonds is 3. The van der Waals surface area contributed by atoms with E-state index < -0.39 is 0 Å². The van der Waals surface area contributed by atoms with Gasteiger partial charge in [0.05, 0.1) is 6.10 Å². The summed E-state index contributed by atoms with van der Waals surface area (Å²) in [5, 5.41) is 10.6. The van der Waals surface area contributed by atoms with Crippen molar-refractivity contribution in [3.05, 3.63) is 35.1 Å². The Morgan fingerprint density at radius 3 is 2.74 bits per heavy atom. The fourth-order valence-electron chi connectivity index (χ4n) is 3.49. The molecule has 2 rings (SSSR count). The van der Waals surface area contributed by atoms with Gasteiger partial charge in [0.15, 0.2) is 0 Å². The minimum absolute atomic E-state index is 0.200. The van der Waals surface area contributed by atoms with Gasteiger partial charge in [-0.25, -0.2) is 4.39 Å². The molecule has 1 aliphatic rings. The molecule has 1 N–H and O–H groups in total. The number of halogens is 1. The van der Waals surface area contributed by atoms with Crippen molar-refractivity contribution in [2.75, 3.05) is 0 Å². The Morgan fingerprint density at radius 2 is 2.11 bits per heavy atom. The van der Waals surface area contributed by atoms with Crippen LogP contribution in [0.25, 0.3) is 0 Å². The normalized spacial score (nSPS) is 24.2. The van der Waals surface area contributed by atoms with Crippen LogP contribution in [0.4, 0.5) is 4.39 Å². The summed E-state index contributed by atoms with van der Waals surface area (Å²) in [4.78, 5) is 0. The highest BCUT2D eigenvalue weighted by atomic mass is 19.1. The van der Waals surface area contributed by atoms with E-state index in [2.05, 4.69) is 13.8 Å². The van der Waals surface area contributed by atoms with Crippen molar-refractivity contribution in [1.82, 2.24) is 0 Å². The first kappa shape index (κ1) is 14.5. The molecule has 19 heavy (non-hydrogen) atoms. The molecule has 1 nitrogen and oxygen atoms in total. The number of benzene rings is 1. The van der Waals surface area contributed by atoms with Crippen molar-refractivity contribution in [2.24, 2.45) is 11.3 Å². The van der Waals surface area contributed by atoms with E-state index in [1.165, 1.54) is 25.3 Å². The molecule has 0 aliphatic heterocycles. The second kappa shape index (κ2) is 5.62. The van der Waals surface area contributed by atoms with Gasteiger partial charge in [0.1, 0.15) is 5.82 Å². The van der Waals surface area contributed by atoms with Crippen LogP contribution in [0.1, 0.15) is 50.7 Å². The zero-order valence-electron chi connectivity index (χ0n) is 12.2. The number of aryl methyl sites for hydroxylation is 1. The molecule has 2 unspecified atom stereocenters. The van der Waals surface area contributed by atoms with E-state index in [0.717, 1.165) is 17.5 Å². The van der Waals surface area contributed by atoms with Gasteiger partial charge in [0.25, 0.3) is 0 Å². The summed E-state index contributed by atoms with van der Waals surface area (Å²) < 4.78 is 13.1. The van der Waals surface area contributed by atoms with Gasteiger partial charge >= 0.3 is 0 Å². The fourth-order valence-corrected chi connectivity index (χ4v) is 3.49. The van der Waals surface area contributed by atoms with Crippen LogP contribution in [-0.2, 0) is 6.42 Å². The first-order valence-electron chi connectivity index (χ1n) is 7.33. The SMILES string of the molecule is Cc1cc(F)ccc1CC(O)C1CCCCC1(C)C. The number of aliphatic hydroxyl groups excluding tert-OH is 1. The van der Waals surface area contributed by atoms with Gasteiger partial charge in [0, 0.05) is 0 Å². The first-order valence-corrected chi connectivity index (χ1v) is 7.33. The molecule has 0 heterocycles. The van der Waals surface area contributed by atoms with E-state index >= 15 is 0 Å². The van der Waals surface area contributed by atoms with Crippen molar-refractivity contribution in [3.63, 3.8) is 0 Å². The van der Waals surface area contributed by atoms with E-state index in [-0.39, 0.29) is 17.3 Å². The van der Waals surface area contributed by atoms with Gasteiger partial charge in [0.2, 0.25) is 0 Å². The van der Waals surface area contributed by atoms with Crippen molar-refractivity contribution >= 4 is 0 Å². The van der Waals surface area contributed by atoms with Crippen LogP contribution in [0.3, 0.4) is 0 Å². The number of hydrogen-bond acceptors (Lipinski definition) is 1. The minimum Gasteiger partial charge on any atom is -0.392 e. The number of hydrogen-bond donors (Lipinski definition) is 1. The molecule has 0 aromatic heterocycles. The zero-order valence-corrected chi connectivity index (χ0v) is 12.2. The van der Waals surface area contributed by atoms with Crippen molar-refractivity contribution < 1.29 is 9.50 Å². The van der Waals surface area contributed by atoms with E-state index in [0.29, 0.717) is 12.3 Å². The lowest BCUT2D eigenvalue weighted by atomic mass is 9.66. The van der Waals surface area contributed by atoms with Gasteiger partial charge in [-0.05, 0) is 60.8 Å². The summed E-state index contributed by atoms with van der Waals surface area (Å²) in [6.45, 7) is 6.44. The van der Waals surface area contributed by atoms with Gasteiger partial charge in [-0.15, -0.1) is 0 Å². The van der Waals surface area contributed by atoms with E-state index in [4.69, 9.17) is 0 Å². The standard InChI is InChI=1S/C17H25FO/c1-12-10-14(18)8-7-13(12)11-16(19)15-6-4-5-9-17(15,2)3/h7-8,10,15-16,19H,4-6,9,11H2,1-3H3. The molecule has 1 aromatic rings. The molecule has 0 bridgehead atoms. The van der Waals surface area contributed by atoms with Gasteiger partial charge in [-0.3, -0.25) is 0 Å². The van der Waals surface area contributed by atoms with Crippen molar-refractivity contribution in [3.8, 4) is 0 Å². The summed E-state index contributed by atoms with van der Waals surface area (Å²) in [7, 11) is 0. The highest BCUT2D eigenvalue weighted by molar-refractivity contribution is 5.27. The van der Waals surface area contributed by atoms with E-state index in [1.807, 2.05) is 13.0 Å². The Morgan fingerprint density at radius 1 is 1.37 bits per heavy atom. The molecule has 1 saturated carbocycles. The highest BCUT2D eigenvalue weighted by Gasteiger charge is 2.36. The van der Waals surface area contributed by atoms with Crippen LogP contribution in [0.5, 0.6) is 0 Å². The molecule has 2 atom stereocenters. The quantitative estimate of drug-likeness (QED) is 0.865. The van der Waals surface area contributed by atoms with Crippen LogP contribution in [0, 0.1) is 24.1 Å². The smallest absolute Gasteiger partial charge is 0.123 e. The first-order chi connectivity index (χ1) is 8.90. The third-order valence-corrected chi connectivity index (χ3v) is 4.79. The lowest BCUT2D eigenvalue weighted by molar-refractivity contribution is 0.00572. The molecule has 2 heteroatoms. The summed E-state index contributed by atoms with van der Waals surface area (Å²) in [5.41, 5.74) is 2.22. The molecule has 1 fully saturated rings. The fraction of sp³-hybridized carbons (Fsp3) is 0.647. The maximum absolute atomic E-state index is 13.1. The Labute approximate surface area is 115 Å². The summed E-state index contributed by atoms with van der Waals surface area (Å²) in [5.74, 6) is 0.152. The summed E-state index contributed by atoms with van der Waals surface area (Å²) in [6.07, 6.45) is 5.10. The van der Waals surface area contributed by atoms with Gasteiger partial charge in [-0.1, -0.05) is 32.8 Å². The minimum atomic E-state index is -0.320. The van der Waals surface area contributed by atoms with Crippen molar-refractivity contribution in [1.29, 1.82) is 0 Å². The molecule has 0 spiro atoms. The topological polar surface area (TPSA) is 20.2 Å². The van der Waals surface area contributed by atoms with E-state index in [9.17, 15) is 9.50 Å². The molecule has 0 saturated heterocycles. The maximum Gasteiger partial charge on any atom is 0.123 e. The Kier molecular flexibility index (Phi) is 4.29. The molecule has 1 aliphatic carbocycles. The predicted octanol–water partition coefficient (Wildman–Crippen LogP) is 4.25. The molecule has 0 amide bonds. The van der Waals surface area contributed by atoms with Gasteiger partial charge < -0.3 is 5.11 Å². The summed E-state index contributed by atoms with van der Waals surface area (Å²) in [6, 6.07) is 4.85. The van der Waals surface area contributed by atoms with Gasteiger partial charge in [-0.2, -0.15) is 0 Å². The molecule has 106 valence electrons. The van der Waals surface area contributed by atoms with Crippen LogP contribution >= 0.6 is 0 Å². The van der Waals surface area contributed by atoms with E-state index in [1.54, 1.807) is 6.07 Å².